The molecule has 1 amide bonds. The van der Waals surface area contributed by atoms with E-state index in [-0.39, 0.29) is 16.6 Å². The Labute approximate surface area is 176 Å². The summed E-state index contributed by atoms with van der Waals surface area (Å²) in [6, 6.07) is 12.6. The van der Waals surface area contributed by atoms with Crippen molar-refractivity contribution in [3.63, 3.8) is 0 Å². The highest BCUT2D eigenvalue weighted by molar-refractivity contribution is 7.89. The maximum absolute atomic E-state index is 13.1. The minimum atomic E-state index is -3.63. The van der Waals surface area contributed by atoms with Crippen LogP contribution in [0.3, 0.4) is 0 Å². The molecule has 2 aromatic rings. The highest BCUT2D eigenvalue weighted by atomic mass is 32.2. The zero-order valence-corrected chi connectivity index (χ0v) is 17.6. The van der Waals surface area contributed by atoms with Crippen LogP contribution >= 0.6 is 0 Å². The van der Waals surface area contributed by atoms with E-state index in [1.54, 1.807) is 34.6 Å². The summed E-state index contributed by atoms with van der Waals surface area (Å²) in [5.74, 6) is -0.620. The van der Waals surface area contributed by atoms with E-state index in [0.29, 0.717) is 37.7 Å². The number of piperazine rings is 1. The standard InChI is InChI=1S/C22H26FN3O3S/c23-19-8-6-17(7-9-19)10-11-24-22(27)18-3-1-5-21(15-18)30(28,29)26-14-13-25-12-2-4-20(25)16-26/h1,3,5-9,15,20H,2,4,10-14,16H2,(H,24,27)/t20-/m0/s1. The zero-order valence-electron chi connectivity index (χ0n) is 16.8. The number of carbonyl (C=O) groups is 1. The number of nitrogens with zero attached hydrogens (tertiary/aromatic N) is 2. The predicted molar refractivity (Wildman–Crippen MR) is 112 cm³/mol. The minimum Gasteiger partial charge on any atom is -0.352 e. The summed E-state index contributed by atoms with van der Waals surface area (Å²) in [5, 5.41) is 2.80. The second kappa shape index (κ2) is 8.83. The first-order valence-corrected chi connectivity index (χ1v) is 11.7. The van der Waals surface area contributed by atoms with Gasteiger partial charge in [0.25, 0.3) is 5.91 Å². The summed E-state index contributed by atoms with van der Waals surface area (Å²) in [6.07, 6.45) is 2.71. The van der Waals surface area contributed by atoms with Gasteiger partial charge in [-0.05, 0) is 61.7 Å². The molecule has 0 bridgehead atoms. The van der Waals surface area contributed by atoms with Gasteiger partial charge in [0.2, 0.25) is 10.0 Å². The van der Waals surface area contributed by atoms with E-state index in [2.05, 4.69) is 10.2 Å². The number of halogens is 1. The van der Waals surface area contributed by atoms with Crippen molar-refractivity contribution in [2.24, 2.45) is 0 Å². The molecular formula is C22H26FN3O3S. The molecule has 2 aliphatic rings. The van der Waals surface area contributed by atoms with E-state index in [4.69, 9.17) is 0 Å². The Morgan fingerprint density at radius 1 is 1.10 bits per heavy atom. The Balaban J connectivity index is 1.40. The van der Waals surface area contributed by atoms with Crippen LogP contribution in [0, 0.1) is 5.82 Å². The van der Waals surface area contributed by atoms with Gasteiger partial charge in [-0.15, -0.1) is 0 Å². The SMILES string of the molecule is O=C(NCCc1ccc(F)cc1)c1cccc(S(=O)(=O)N2CCN3CCC[C@H]3C2)c1. The molecule has 0 aromatic heterocycles. The smallest absolute Gasteiger partial charge is 0.251 e. The second-order valence-corrected chi connectivity index (χ2v) is 9.79. The van der Waals surface area contributed by atoms with Crippen molar-refractivity contribution >= 4 is 15.9 Å². The highest BCUT2D eigenvalue weighted by Crippen LogP contribution is 2.26. The molecule has 1 N–H and O–H groups in total. The van der Waals surface area contributed by atoms with Crippen LogP contribution in [0.5, 0.6) is 0 Å². The fraction of sp³-hybridized carbons (Fsp3) is 0.409. The van der Waals surface area contributed by atoms with Crippen LogP contribution in [0.1, 0.15) is 28.8 Å². The lowest BCUT2D eigenvalue weighted by molar-refractivity contribution is 0.0954. The van der Waals surface area contributed by atoms with Crippen LogP contribution in [-0.2, 0) is 16.4 Å². The number of sulfonamides is 1. The van der Waals surface area contributed by atoms with E-state index in [0.717, 1.165) is 31.5 Å². The highest BCUT2D eigenvalue weighted by Gasteiger charge is 2.36. The van der Waals surface area contributed by atoms with Gasteiger partial charge in [0.05, 0.1) is 4.90 Å². The number of fused-ring (bicyclic) bond motifs is 1. The summed E-state index contributed by atoms with van der Waals surface area (Å²) in [7, 11) is -3.63. The van der Waals surface area contributed by atoms with E-state index >= 15 is 0 Å². The molecule has 0 radical (unpaired) electrons. The number of amides is 1. The number of hydrogen-bond donors (Lipinski definition) is 1. The first kappa shape index (κ1) is 21.0. The van der Waals surface area contributed by atoms with E-state index in [1.165, 1.54) is 18.2 Å². The number of hydrogen-bond acceptors (Lipinski definition) is 4. The van der Waals surface area contributed by atoms with Gasteiger partial charge in [-0.25, -0.2) is 12.8 Å². The number of nitrogens with one attached hydrogen (secondary N) is 1. The topological polar surface area (TPSA) is 69.7 Å². The Hall–Kier alpha value is -2.29. The van der Waals surface area contributed by atoms with Crippen molar-refractivity contribution in [3.8, 4) is 0 Å². The number of rotatable bonds is 6. The molecule has 30 heavy (non-hydrogen) atoms. The monoisotopic (exact) mass is 431 g/mol. The van der Waals surface area contributed by atoms with Gasteiger partial charge in [-0.2, -0.15) is 4.31 Å². The van der Waals surface area contributed by atoms with Crippen LogP contribution in [0.4, 0.5) is 4.39 Å². The summed E-state index contributed by atoms with van der Waals surface area (Å²) < 4.78 is 40.8. The van der Waals surface area contributed by atoms with Gasteiger partial charge in [-0.3, -0.25) is 9.69 Å². The molecule has 0 saturated carbocycles. The molecular weight excluding hydrogens is 405 g/mol. The molecule has 2 heterocycles. The Kier molecular flexibility index (Phi) is 6.17. The average Bonchev–Trinajstić information content (AvgIpc) is 3.23. The first-order chi connectivity index (χ1) is 14.4. The van der Waals surface area contributed by atoms with Crippen LogP contribution in [0.2, 0.25) is 0 Å². The lowest BCUT2D eigenvalue weighted by Gasteiger charge is -2.36. The largest absolute Gasteiger partial charge is 0.352 e. The third kappa shape index (κ3) is 4.55. The molecule has 160 valence electrons. The molecule has 4 rings (SSSR count). The van der Waals surface area contributed by atoms with Crippen molar-refractivity contribution in [1.82, 2.24) is 14.5 Å². The Morgan fingerprint density at radius 3 is 2.70 bits per heavy atom. The van der Waals surface area contributed by atoms with Crippen LogP contribution in [0.25, 0.3) is 0 Å². The molecule has 2 aromatic carbocycles. The number of carbonyl (C=O) groups excluding carboxylic acids is 1. The van der Waals surface area contributed by atoms with Gasteiger partial charge >= 0.3 is 0 Å². The molecule has 2 fully saturated rings. The fourth-order valence-corrected chi connectivity index (χ4v) is 5.72. The molecule has 2 aliphatic heterocycles. The lowest BCUT2D eigenvalue weighted by Crippen LogP contribution is -2.51. The van der Waals surface area contributed by atoms with Crippen molar-refractivity contribution in [2.75, 3.05) is 32.7 Å². The van der Waals surface area contributed by atoms with E-state index in [1.807, 2.05) is 0 Å². The van der Waals surface area contributed by atoms with Gasteiger partial charge in [-0.1, -0.05) is 18.2 Å². The molecule has 8 heteroatoms. The Morgan fingerprint density at radius 2 is 1.90 bits per heavy atom. The van der Waals surface area contributed by atoms with Gasteiger partial charge in [0, 0.05) is 37.8 Å². The van der Waals surface area contributed by atoms with E-state index in [9.17, 15) is 17.6 Å². The molecule has 1 atom stereocenters. The first-order valence-electron chi connectivity index (χ1n) is 10.3. The molecule has 0 aliphatic carbocycles. The maximum atomic E-state index is 13.1. The summed E-state index contributed by atoms with van der Waals surface area (Å²) in [4.78, 5) is 15.0. The molecule has 0 spiro atoms. The quantitative estimate of drug-likeness (QED) is 0.762. The average molecular weight is 432 g/mol. The van der Waals surface area contributed by atoms with Gasteiger partial charge in [0.1, 0.15) is 5.82 Å². The summed E-state index contributed by atoms with van der Waals surface area (Å²) in [6.45, 7) is 3.17. The van der Waals surface area contributed by atoms with Crippen LogP contribution < -0.4 is 5.32 Å². The predicted octanol–water partition coefficient (Wildman–Crippen LogP) is 2.27. The van der Waals surface area contributed by atoms with Gasteiger partial charge in [0.15, 0.2) is 0 Å². The fourth-order valence-electron chi connectivity index (χ4n) is 4.20. The molecule has 6 nitrogen and oxygen atoms in total. The van der Waals surface area contributed by atoms with Gasteiger partial charge < -0.3 is 5.32 Å². The molecule has 0 unspecified atom stereocenters. The van der Waals surface area contributed by atoms with Crippen molar-refractivity contribution < 1.29 is 17.6 Å². The van der Waals surface area contributed by atoms with Crippen molar-refractivity contribution in [3.05, 3.63) is 65.5 Å². The van der Waals surface area contributed by atoms with Crippen molar-refractivity contribution in [2.45, 2.75) is 30.2 Å². The molecule has 2 saturated heterocycles. The van der Waals surface area contributed by atoms with E-state index < -0.39 is 10.0 Å². The minimum absolute atomic E-state index is 0.153. The maximum Gasteiger partial charge on any atom is 0.251 e. The third-order valence-corrected chi connectivity index (χ3v) is 7.76. The van der Waals surface area contributed by atoms with Crippen LogP contribution in [-0.4, -0.2) is 62.3 Å². The summed E-state index contributed by atoms with van der Waals surface area (Å²) >= 11 is 0. The summed E-state index contributed by atoms with van der Waals surface area (Å²) in [5.41, 5.74) is 1.23. The zero-order chi connectivity index (χ0) is 21.1. The second-order valence-electron chi connectivity index (χ2n) is 7.86. The number of benzene rings is 2. The van der Waals surface area contributed by atoms with Crippen molar-refractivity contribution in [1.29, 1.82) is 0 Å². The normalized spacial score (nSPS) is 20.1. The Bertz CT molecular complexity index is 1010. The lowest BCUT2D eigenvalue weighted by atomic mass is 10.1. The van der Waals surface area contributed by atoms with Crippen LogP contribution in [0.15, 0.2) is 53.4 Å². The third-order valence-electron chi connectivity index (χ3n) is 5.90.